The van der Waals surface area contributed by atoms with E-state index in [1.165, 1.54) is 31.5 Å². The Balaban J connectivity index is 1.63. The van der Waals surface area contributed by atoms with Gasteiger partial charge in [0.05, 0.1) is 13.7 Å². The van der Waals surface area contributed by atoms with Gasteiger partial charge in [0, 0.05) is 31.8 Å². The maximum absolute atomic E-state index is 5.65. The third kappa shape index (κ3) is 5.36. The number of aliphatic imine (C=N–C) groups is 1. The molecule has 2 aliphatic rings. The van der Waals surface area contributed by atoms with Crippen molar-refractivity contribution >= 4 is 5.96 Å². The highest BCUT2D eigenvalue weighted by atomic mass is 16.5. The molecule has 2 N–H and O–H groups in total. The zero-order valence-electron chi connectivity index (χ0n) is 16.8. The molecule has 3 rings (SSSR count). The summed E-state index contributed by atoms with van der Waals surface area (Å²) in [4.78, 5) is 7.46. The van der Waals surface area contributed by atoms with Crippen molar-refractivity contribution in [1.82, 2.24) is 15.5 Å². The van der Waals surface area contributed by atoms with Crippen LogP contribution in [0.25, 0.3) is 0 Å². The normalized spacial score (nSPS) is 20.4. The highest BCUT2D eigenvalue weighted by Gasteiger charge is 2.39. The molecule has 27 heavy (non-hydrogen) atoms. The van der Waals surface area contributed by atoms with E-state index in [1.54, 1.807) is 7.11 Å². The summed E-state index contributed by atoms with van der Waals surface area (Å²) in [6, 6.07) is 8.09. The summed E-state index contributed by atoms with van der Waals surface area (Å²) in [5, 5.41) is 7.01. The number of likely N-dealkylation sites (tertiary alicyclic amines) is 1. The second-order valence-corrected chi connectivity index (χ2v) is 7.43. The molecule has 2 fully saturated rings. The standard InChI is InChI=1S/C21H34N4O2/c1-3-22-20(23-16-18-6-8-19(26-2)9-7-18)24-17-21(10-14-27-15-11-21)25-12-4-5-13-25/h6-9H,3-5,10-17H2,1-2H3,(H2,22,23,24). The molecule has 0 amide bonds. The smallest absolute Gasteiger partial charge is 0.191 e. The van der Waals surface area contributed by atoms with Crippen molar-refractivity contribution in [3.8, 4) is 5.75 Å². The first-order valence-electron chi connectivity index (χ1n) is 10.2. The van der Waals surface area contributed by atoms with Crippen molar-refractivity contribution in [2.45, 2.75) is 44.7 Å². The van der Waals surface area contributed by atoms with Crippen molar-refractivity contribution < 1.29 is 9.47 Å². The summed E-state index contributed by atoms with van der Waals surface area (Å²) in [7, 11) is 1.69. The fourth-order valence-electron chi connectivity index (χ4n) is 4.04. The molecular weight excluding hydrogens is 340 g/mol. The number of hydrogen-bond donors (Lipinski definition) is 2. The molecule has 2 saturated heterocycles. The van der Waals surface area contributed by atoms with Gasteiger partial charge in [-0.2, -0.15) is 0 Å². The fourth-order valence-corrected chi connectivity index (χ4v) is 4.04. The van der Waals surface area contributed by atoms with Gasteiger partial charge >= 0.3 is 0 Å². The van der Waals surface area contributed by atoms with Gasteiger partial charge in [0.1, 0.15) is 5.75 Å². The lowest BCUT2D eigenvalue weighted by molar-refractivity contribution is -0.0164. The van der Waals surface area contributed by atoms with Crippen LogP contribution in [0.2, 0.25) is 0 Å². The molecule has 0 spiro atoms. The van der Waals surface area contributed by atoms with Crippen LogP contribution >= 0.6 is 0 Å². The van der Waals surface area contributed by atoms with E-state index < -0.39 is 0 Å². The predicted octanol–water partition coefficient (Wildman–Crippen LogP) is 2.40. The van der Waals surface area contributed by atoms with Gasteiger partial charge in [0.2, 0.25) is 0 Å². The molecule has 1 aromatic rings. The highest BCUT2D eigenvalue weighted by molar-refractivity contribution is 5.79. The Morgan fingerprint density at radius 1 is 1.15 bits per heavy atom. The molecule has 2 heterocycles. The van der Waals surface area contributed by atoms with Crippen LogP contribution in [0.4, 0.5) is 0 Å². The summed E-state index contributed by atoms with van der Waals surface area (Å²) in [6.07, 6.45) is 4.82. The zero-order chi connectivity index (χ0) is 19.0. The van der Waals surface area contributed by atoms with Crippen LogP contribution in [0.3, 0.4) is 0 Å². The maximum Gasteiger partial charge on any atom is 0.191 e. The number of benzene rings is 1. The van der Waals surface area contributed by atoms with Crippen LogP contribution in [0.5, 0.6) is 5.75 Å². The van der Waals surface area contributed by atoms with Crippen LogP contribution in [-0.4, -0.2) is 62.9 Å². The molecule has 0 aliphatic carbocycles. The molecule has 6 heteroatoms. The molecule has 0 unspecified atom stereocenters. The summed E-state index contributed by atoms with van der Waals surface area (Å²) in [5.41, 5.74) is 1.37. The Morgan fingerprint density at radius 3 is 2.48 bits per heavy atom. The first-order chi connectivity index (χ1) is 13.3. The van der Waals surface area contributed by atoms with E-state index in [-0.39, 0.29) is 5.54 Å². The zero-order valence-corrected chi connectivity index (χ0v) is 16.8. The number of ether oxygens (including phenoxy) is 2. The van der Waals surface area contributed by atoms with Gasteiger partial charge in [-0.1, -0.05) is 12.1 Å². The van der Waals surface area contributed by atoms with E-state index in [4.69, 9.17) is 14.5 Å². The first kappa shape index (κ1) is 20.0. The number of nitrogens with one attached hydrogen (secondary N) is 2. The molecule has 1 aromatic carbocycles. The van der Waals surface area contributed by atoms with Crippen LogP contribution < -0.4 is 15.4 Å². The van der Waals surface area contributed by atoms with Gasteiger partial charge < -0.3 is 20.1 Å². The Kier molecular flexibility index (Phi) is 7.35. The Bertz CT molecular complexity index is 591. The monoisotopic (exact) mass is 374 g/mol. The van der Waals surface area contributed by atoms with Gasteiger partial charge in [-0.3, -0.25) is 4.90 Å². The lowest BCUT2D eigenvalue weighted by Gasteiger charge is -2.45. The van der Waals surface area contributed by atoms with E-state index in [0.29, 0.717) is 6.54 Å². The van der Waals surface area contributed by atoms with Crippen LogP contribution in [0.15, 0.2) is 29.3 Å². The molecule has 6 nitrogen and oxygen atoms in total. The van der Waals surface area contributed by atoms with Crippen LogP contribution in [-0.2, 0) is 11.3 Å². The highest BCUT2D eigenvalue weighted by Crippen LogP contribution is 2.30. The van der Waals surface area contributed by atoms with Crippen LogP contribution in [0.1, 0.15) is 38.2 Å². The van der Waals surface area contributed by atoms with Gasteiger partial charge in [0.15, 0.2) is 5.96 Å². The van der Waals surface area contributed by atoms with E-state index in [0.717, 1.165) is 50.9 Å². The Labute approximate surface area is 163 Å². The first-order valence-corrected chi connectivity index (χ1v) is 10.2. The van der Waals surface area contributed by atoms with Crippen molar-refractivity contribution in [3.05, 3.63) is 29.8 Å². The Morgan fingerprint density at radius 2 is 1.85 bits per heavy atom. The minimum absolute atomic E-state index is 0.199. The lowest BCUT2D eigenvalue weighted by atomic mass is 9.88. The average Bonchev–Trinajstić information content (AvgIpc) is 3.27. The molecular formula is C21H34N4O2. The number of methoxy groups -OCH3 is 1. The van der Waals surface area contributed by atoms with Gasteiger partial charge in [-0.25, -0.2) is 4.99 Å². The molecule has 0 aromatic heterocycles. The molecule has 0 saturated carbocycles. The van der Waals surface area contributed by atoms with Gasteiger partial charge in [-0.05, 0) is 63.4 Å². The van der Waals surface area contributed by atoms with E-state index in [9.17, 15) is 0 Å². The summed E-state index contributed by atoms with van der Waals surface area (Å²) in [5.74, 6) is 1.76. The van der Waals surface area contributed by atoms with E-state index in [2.05, 4.69) is 34.6 Å². The number of guanidine groups is 1. The minimum atomic E-state index is 0.199. The molecule has 2 aliphatic heterocycles. The molecule has 0 radical (unpaired) electrons. The van der Waals surface area contributed by atoms with Crippen molar-refractivity contribution in [2.75, 3.05) is 46.5 Å². The Hall–Kier alpha value is -1.79. The van der Waals surface area contributed by atoms with Gasteiger partial charge in [0.25, 0.3) is 0 Å². The quantitative estimate of drug-likeness (QED) is 0.567. The summed E-state index contributed by atoms with van der Waals surface area (Å²) < 4.78 is 10.9. The maximum atomic E-state index is 5.65. The number of nitrogens with zero attached hydrogens (tertiary/aromatic N) is 2. The predicted molar refractivity (Wildman–Crippen MR) is 109 cm³/mol. The van der Waals surface area contributed by atoms with E-state index >= 15 is 0 Å². The molecule has 0 bridgehead atoms. The van der Waals surface area contributed by atoms with Crippen molar-refractivity contribution in [1.29, 1.82) is 0 Å². The summed E-state index contributed by atoms with van der Waals surface area (Å²) in [6.45, 7) is 8.67. The SMILES string of the molecule is CCNC(=NCc1ccc(OC)cc1)NCC1(N2CCCC2)CCOCC1. The van der Waals surface area contributed by atoms with Crippen molar-refractivity contribution in [3.63, 3.8) is 0 Å². The summed E-state index contributed by atoms with van der Waals surface area (Å²) >= 11 is 0. The minimum Gasteiger partial charge on any atom is -0.497 e. The number of hydrogen-bond acceptors (Lipinski definition) is 4. The third-order valence-corrected chi connectivity index (χ3v) is 5.71. The lowest BCUT2D eigenvalue weighted by Crippen LogP contribution is -2.58. The molecule has 0 atom stereocenters. The number of rotatable bonds is 7. The average molecular weight is 375 g/mol. The fraction of sp³-hybridized carbons (Fsp3) is 0.667. The van der Waals surface area contributed by atoms with Crippen LogP contribution in [0, 0.1) is 0 Å². The molecule has 150 valence electrons. The topological polar surface area (TPSA) is 58.1 Å². The van der Waals surface area contributed by atoms with Gasteiger partial charge in [-0.15, -0.1) is 0 Å². The van der Waals surface area contributed by atoms with Crippen molar-refractivity contribution in [2.24, 2.45) is 4.99 Å². The second kappa shape index (κ2) is 9.95. The second-order valence-electron chi connectivity index (χ2n) is 7.43. The third-order valence-electron chi connectivity index (χ3n) is 5.71. The largest absolute Gasteiger partial charge is 0.497 e. The van der Waals surface area contributed by atoms with E-state index in [1.807, 2.05) is 12.1 Å².